The molecular weight excluding hydrogens is 902 g/mol. The Balaban J connectivity index is 0.991. The second-order valence-electron chi connectivity index (χ2n) is 18.5. The molecule has 6 aromatic rings. The number of pyridine rings is 2. The summed E-state index contributed by atoms with van der Waals surface area (Å²) in [7, 11) is 0. The number of aromatic nitrogens is 6. The van der Waals surface area contributed by atoms with Gasteiger partial charge in [-0.05, 0) is 68.1 Å². The quantitative estimate of drug-likeness (QED) is 0.124. The standard InChI is InChI=1S/C50H50Cl2N13O3/c1-32(66)63-29-50(30-63)22-43(68)65(31-50)40-21-37(56-48-54-25-41(51)45(57-48)35-12-7-11-34(19-35)33-9-3-2-4-10-33)26-62(28-40)47-44(52)46(61-18-14-38(27-61)60-15-5-6-16-60)58-49(59-47)55-36-20-39(24-53-23-36)64-17-8-13-42(64)67/h2-4,7,9-12,19-21,23-26,28,38H,5-6,8,13-18,22,27,29-31H2,1H3,(H,54,56,57)(H,55,58,59)/q+1. The second-order valence-corrected chi connectivity index (χ2v) is 19.3. The lowest BCUT2D eigenvalue weighted by Crippen LogP contribution is -2.59. The second kappa shape index (κ2) is 18.1. The number of nitrogens with one attached hydrogen (secondary N) is 2. The molecule has 1 atom stereocenters. The van der Waals surface area contributed by atoms with Crippen LogP contribution >= 0.6 is 23.2 Å². The number of carbonyl (C=O) groups is 3. The van der Waals surface area contributed by atoms with Gasteiger partial charge in [-0.2, -0.15) is 9.55 Å². The van der Waals surface area contributed by atoms with Crippen molar-refractivity contribution in [2.75, 3.05) is 77.7 Å². The van der Waals surface area contributed by atoms with Crippen LogP contribution in [0.5, 0.6) is 0 Å². The van der Waals surface area contributed by atoms with Crippen LogP contribution in [0.4, 0.5) is 40.5 Å². The van der Waals surface area contributed by atoms with E-state index in [0.29, 0.717) is 95.2 Å². The normalized spacial score (nSPS) is 19.1. The van der Waals surface area contributed by atoms with E-state index in [1.165, 1.54) is 12.8 Å². The third kappa shape index (κ3) is 8.67. The summed E-state index contributed by atoms with van der Waals surface area (Å²) in [5, 5.41) is 7.52. The van der Waals surface area contributed by atoms with Gasteiger partial charge >= 0.3 is 11.8 Å². The molecule has 4 aromatic heterocycles. The molecule has 0 radical (unpaired) electrons. The maximum absolute atomic E-state index is 14.0. The first-order valence-electron chi connectivity index (χ1n) is 23.2. The van der Waals surface area contributed by atoms with Gasteiger partial charge in [-0.25, -0.2) is 9.97 Å². The smallest absolute Gasteiger partial charge is 0.353 e. The van der Waals surface area contributed by atoms with Gasteiger partial charge in [0.05, 0.1) is 52.1 Å². The Hall–Kier alpha value is -6.75. The van der Waals surface area contributed by atoms with Crippen LogP contribution in [0.15, 0.2) is 97.7 Å². The summed E-state index contributed by atoms with van der Waals surface area (Å²) >= 11 is 14.3. The van der Waals surface area contributed by atoms with E-state index < -0.39 is 0 Å². The molecule has 11 rings (SSSR count). The van der Waals surface area contributed by atoms with Crippen molar-refractivity contribution in [2.45, 2.75) is 51.5 Å². The lowest BCUT2D eigenvalue weighted by atomic mass is 9.79. The van der Waals surface area contributed by atoms with E-state index in [2.05, 4.69) is 48.6 Å². The summed E-state index contributed by atoms with van der Waals surface area (Å²) in [4.78, 5) is 73.2. The molecule has 0 saturated carbocycles. The van der Waals surface area contributed by atoms with Gasteiger partial charge in [0, 0.05) is 81.0 Å². The minimum atomic E-state index is -0.347. The Morgan fingerprint density at radius 2 is 1.53 bits per heavy atom. The zero-order valence-corrected chi connectivity index (χ0v) is 39.1. The zero-order chi connectivity index (χ0) is 46.5. The van der Waals surface area contributed by atoms with Gasteiger partial charge < -0.3 is 30.2 Å². The minimum absolute atomic E-state index is 0.00453. The lowest BCUT2D eigenvalue weighted by Gasteiger charge is -2.47. The monoisotopic (exact) mass is 950 g/mol. The third-order valence-electron chi connectivity index (χ3n) is 13.8. The maximum atomic E-state index is 14.0. The van der Waals surface area contributed by atoms with Gasteiger partial charge in [0.2, 0.25) is 23.7 Å². The summed E-state index contributed by atoms with van der Waals surface area (Å²) in [5.74, 6) is 1.51. The molecule has 3 amide bonds. The number of rotatable bonds is 11. The van der Waals surface area contributed by atoms with Gasteiger partial charge in [0.25, 0.3) is 0 Å². The van der Waals surface area contributed by atoms with Crippen molar-refractivity contribution in [1.82, 2.24) is 34.7 Å². The van der Waals surface area contributed by atoms with Crippen molar-refractivity contribution in [1.29, 1.82) is 0 Å². The van der Waals surface area contributed by atoms with E-state index in [1.807, 2.05) is 65.5 Å². The van der Waals surface area contributed by atoms with Crippen molar-refractivity contribution in [3.8, 4) is 28.2 Å². The molecule has 1 unspecified atom stereocenters. The Morgan fingerprint density at radius 3 is 2.32 bits per heavy atom. The fraction of sp³-hybridized carbons (Fsp3) is 0.340. The van der Waals surface area contributed by atoms with Crippen LogP contribution in [-0.2, 0) is 14.4 Å². The molecule has 68 heavy (non-hydrogen) atoms. The van der Waals surface area contributed by atoms with Crippen LogP contribution in [0, 0.1) is 5.41 Å². The highest BCUT2D eigenvalue weighted by Crippen LogP contribution is 2.43. The summed E-state index contributed by atoms with van der Waals surface area (Å²) in [6.07, 6.45) is 13.6. The minimum Gasteiger partial charge on any atom is -0.353 e. The highest BCUT2D eigenvalue weighted by molar-refractivity contribution is 6.34. The predicted octanol–water partition coefficient (Wildman–Crippen LogP) is 7.45. The van der Waals surface area contributed by atoms with E-state index in [9.17, 15) is 14.4 Å². The van der Waals surface area contributed by atoms with Gasteiger partial charge in [-0.1, -0.05) is 71.7 Å². The third-order valence-corrected chi connectivity index (χ3v) is 14.4. The van der Waals surface area contributed by atoms with Crippen LogP contribution < -0.4 is 29.9 Å². The molecule has 5 aliphatic rings. The van der Waals surface area contributed by atoms with Gasteiger partial charge in [-0.15, -0.1) is 0 Å². The Bertz CT molecular complexity index is 2950. The van der Waals surface area contributed by atoms with Crippen LogP contribution in [0.1, 0.15) is 45.4 Å². The molecule has 346 valence electrons. The average Bonchev–Trinajstić information content (AvgIpc) is 4.18. The van der Waals surface area contributed by atoms with Gasteiger partial charge in [0.15, 0.2) is 10.8 Å². The number of hydrogen-bond acceptors (Lipinski definition) is 12. The highest BCUT2D eigenvalue weighted by Gasteiger charge is 2.52. The summed E-state index contributed by atoms with van der Waals surface area (Å²) < 4.78 is 1.81. The Kier molecular flexibility index (Phi) is 11.6. The largest absolute Gasteiger partial charge is 0.354 e. The van der Waals surface area contributed by atoms with Crippen molar-refractivity contribution in [3.63, 3.8) is 0 Å². The fourth-order valence-electron chi connectivity index (χ4n) is 10.4. The van der Waals surface area contributed by atoms with E-state index in [0.717, 1.165) is 55.7 Å². The Morgan fingerprint density at radius 1 is 0.750 bits per heavy atom. The lowest BCUT2D eigenvalue weighted by molar-refractivity contribution is -0.598. The van der Waals surface area contributed by atoms with Crippen molar-refractivity contribution in [3.05, 3.63) is 108 Å². The number of nitrogens with zero attached hydrogens (tertiary/aromatic N) is 11. The van der Waals surface area contributed by atoms with Crippen molar-refractivity contribution in [2.24, 2.45) is 5.41 Å². The van der Waals surface area contributed by atoms with Crippen LogP contribution in [0.25, 0.3) is 28.2 Å². The number of halogens is 2. The molecule has 0 bridgehead atoms. The zero-order valence-electron chi connectivity index (χ0n) is 37.6. The summed E-state index contributed by atoms with van der Waals surface area (Å²) in [6.45, 7) is 7.33. The summed E-state index contributed by atoms with van der Waals surface area (Å²) in [6, 6.07) is 22.3. The SMILES string of the molecule is CC(=O)N1CC2(CC(=O)N(c3cc(Nc4ncc(Cl)c(-c5cccc(-c6ccccc6)c5)n4)c[n+](-c4nc(Nc5cncc(N6CCCC6=O)c5)nc(N5CCC(N6CCCC6)C5)c4Cl)c3)C2)C1. The van der Waals surface area contributed by atoms with E-state index in [-0.39, 0.29) is 35.0 Å². The molecule has 5 saturated heterocycles. The van der Waals surface area contributed by atoms with Crippen molar-refractivity contribution >= 4 is 81.4 Å². The first-order valence-corrected chi connectivity index (χ1v) is 24.0. The van der Waals surface area contributed by atoms with E-state index in [1.54, 1.807) is 40.2 Å². The van der Waals surface area contributed by atoms with Crippen molar-refractivity contribution < 1.29 is 19.0 Å². The maximum Gasteiger partial charge on any atom is 0.354 e. The number of benzene rings is 2. The number of amides is 3. The summed E-state index contributed by atoms with van der Waals surface area (Å²) in [5.41, 5.74) is 5.56. The van der Waals surface area contributed by atoms with E-state index in [4.69, 9.17) is 38.2 Å². The first kappa shape index (κ1) is 43.8. The predicted molar refractivity (Wildman–Crippen MR) is 262 cm³/mol. The molecule has 2 N–H and O–H groups in total. The molecular formula is C50H50Cl2N13O3+. The van der Waals surface area contributed by atoms with Gasteiger partial charge in [-0.3, -0.25) is 24.3 Å². The first-order chi connectivity index (χ1) is 33.0. The van der Waals surface area contributed by atoms with Crippen LogP contribution in [0.3, 0.4) is 0 Å². The molecule has 2 aromatic carbocycles. The van der Waals surface area contributed by atoms with Gasteiger partial charge in [0.1, 0.15) is 12.4 Å². The molecule has 0 aliphatic carbocycles. The molecule has 18 heteroatoms. The molecule has 16 nitrogen and oxygen atoms in total. The van der Waals surface area contributed by atoms with Crippen LogP contribution in [-0.4, -0.2) is 111 Å². The number of hydrogen-bond donors (Lipinski definition) is 2. The number of anilines is 7. The fourth-order valence-corrected chi connectivity index (χ4v) is 10.9. The number of likely N-dealkylation sites (tertiary alicyclic amines) is 2. The average molecular weight is 952 g/mol. The molecule has 5 fully saturated rings. The van der Waals surface area contributed by atoms with E-state index >= 15 is 0 Å². The molecule has 9 heterocycles. The topological polar surface area (TPSA) is 160 Å². The number of carbonyl (C=O) groups excluding carboxylic acids is 3. The van der Waals surface area contributed by atoms with Crippen LogP contribution in [0.2, 0.25) is 10.0 Å². The molecule has 5 aliphatic heterocycles. The Labute approximate surface area is 404 Å². The highest BCUT2D eigenvalue weighted by atomic mass is 35.5. The molecule has 1 spiro atoms.